The van der Waals surface area contributed by atoms with Crippen molar-refractivity contribution >= 4 is 23.2 Å². The quantitative estimate of drug-likeness (QED) is 0.659. The summed E-state index contributed by atoms with van der Waals surface area (Å²) in [7, 11) is 0. The first-order valence-corrected chi connectivity index (χ1v) is 8.48. The normalized spacial score (nSPS) is 16.7. The highest BCUT2D eigenvalue weighted by atomic mass is 16.2. The highest BCUT2D eigenvalue weighted by Crippen LogP contribution is 2.25. The second-order valence-corrected chi connectivity index (χ2v) is 6.07. The van der Waals surface area contributed by atoms with Gasteiger partial charge in [-0.15, -0.1) is 0 Å². The minimum Gasteiger partial charge on any atom is -0.347 e. The van der Waals surface area contributed by atoms with Crippen LogP contribution in [0.1, 0.15) is 12.5 Å². The van der Waals surface area contributed by atoms with E-state index >= 15 is 0 Å². The van der Waals surface area contributed by atoms with E-state index in [1.165, 1.54) is 11.1 Å². The van der Waals surface area contributed by atoms with Crippen LogP contribution in [0, 0.1) is 17.2 Å². The van der Waals surface area contributed by atoms with E-state index in [1.54, 1.807) is 19.1 Å². The molecule has 134 valence electrons. The summed E-state index contributed by atoms with van der Waals surface area (Å²) in [5, 5.41) is 17.6. The second-order valence-electron chi connectivity index (χ2n) is 6.07. The Bertz CT molecular complexity index is 943. The number of carbonyl (C=O) groups excluding carboxylic acids is 2. The smallest absolute Gasteiger partial charge is 0.261 e. The van der Waals surface area contributed by atoms with E-state index in [-0.39, 0.29) is 11.5 Å². The number of nitrogens with zero attached hydrogens (tertiary/aromatic N) is 3. The van der Waals surface area contributed by atoms with Crippen LogP contribution in [0.25, 0.3) is 0 Å². The third kappa shape index (κ3) is 4.10. The Morgan fingerprint density at radius 3 is 2.44 bits per heavy atom. The number of hydrazone groups is 1. The van der Waals surface area contributed by atoms with Crippen molar-refractivity contribution in [3.63, 3.8) is 0 Å². The molecule has 6 heteroatoms. The first-order chi connectivity index (χ1) is 13.1. The SMILES string of the molecule is CC1=NN(c2ccccc2)C(=O)[C@H]1/C=C(/C#N)C(=O)NCc1ccccc1. The summed E-state index contributed by atoms with van der Waals surface area (Å²) in [5.41, 5.74) is 2.00. The lowest BCUT2D eigenvalue weighted by Crippen LogP contribution is -2.28. The van der Waals surface area contributed by atoms with E-state index in [0.717, 1.165) is 5.56 Å². The van der Waals surface area contributed by atoms with Crippen LogP contribution in [0.4, 0.5) is 5.69 Å². The maximum absolute atomic E-state index is 12.7. The van der Waals surface area contributed by atoms with E-state index in [4.69, 9.17) is 0 Å². The lowest BCUT2D eigenvalue weighted by Gasteiger charge is -2.12. The number of rotatable bonds is 5. The first-order valence-electron chi connectivity index (χ1n) is 8.48. The predicted octanol–water partition coefficient (Wildman–Crippen LogP) is 2.79. The number of para-hydroxylation sites is 1. The maximum atomic E-state index is 12.7. The standard InChI is InChI=1S/C21H18N4O2/c1-15-19(21(27)25(24-15)18-10-6-3-7-11-18)12-17(13-22)20(26)23-14-16-8-4-2-5-9-16/h2-12,19H,14H2,1H3,(H,23,26)/b17-12-/t19-/m0/s1. The van der Waals surface area contributed by atoms with Gasteiger partial charge in [0.15, 0.2) is 0 Å². The van der Waals surface area contributed by atoms with Crippen molar-refractivity contribution in [1.82, 2.24) is 5.32 Å². The number of amides is 2. The summed E-state index contributed by atoms with van der Waals surface area (Å²) in [4.78, 5) is 25.0. The van der Waals surface area contributed by atoms with Gasteiger partial charge in [0, 0.05) is 6.54 Å². The molecular formula is C21H18N4O2. The van der Waals surface area contributed by atoms with Crippen LogP contribution in [0.3, 0.4) is 0 Å². The number of carbonyl (C=O) groups is 2. The Hall–Kier alpha value is -3.72. The fraction of sp³-hybridized carbons (Fsp3) is 0.143. The van der Waals surface area contributed by atoms with Gasteiger partial charge < -0.3 is 5.32 Å². The zero-order valence-corrected chi connectivity index (χ0v) is 14.8. The molecule has 2 aromatic rings. The molecule has 0 aliphatic carbocycles. The molecular weight excluding hydrogens is 340 g/mol. The molecule has 0 saturated carbocycles. The minimum atomic E-state index is -0.734. The van der Waals surface area contributed by atoms with Gasteiger partial charge in [-0.2, -0.15) is 15.4 Å². The van der Waals surface area contributed by atoms with Crippen LogP contribution < -0.4 is 10.3 Å². The summed E-state index contributed by atoms with van der Waals surface area (Å²) < 4.78 is 0. The fourth-order valence-electron chi connectivity index (χ4n) is 2.73. The summed E-state index contributed by atoms with van der Waals surface area (Å²) in [6.07, 6.45) is 1.38. The molecule has 6 nitrogen and oxygen atoms in total. The highest BCUT2D eigenvalue weighted by molar-refractivity contribution is 6.17. The molecule has 1 aliphatic rings. The predicted molar refractivity (Wildman–Crippen MR) is 103 cm³/mol. The van der Waals surface area contributed by atoms with Crippen LogP contribution in [0.5, 0.6) is 0 Å². The van der Waals surface area contributed by atoms with Crippen molar-refractivity contribution in [2.45, 2.75) is 13.5 Å². The van der Waals surface area contributed by atoms with Gasteiger partial charge in [0.2, 0.25) is 0 Å². The fourth-order valence-corrected chi connectivity index (χ4v) is 2.73. The number of anilines is 1. The summed E-state index contributed by atoms with van der Waals surface area (Å²) in [5.74, 6) is -1.54. The topological polar surface area (TPSA) is 85.6 Å². The van der Waals surface area contributed by atoms with Crippen LogP contribution in [-0.2, 0) is 16.1 Å². The van der Waals surface area contributed by atoms with Crippen LogP contribution >= 0.6 is 0 Å². The molecule has 0 fully saturated rings. The molecule has 2 amide bonds. The molecule has 27 heavy (non-hydrogen) atoms. The van der Waals surface area contributed by atoms with E-state index in [2.05, 4.69) is 10.4 Å². The number of hydrogen-bond donors (Lipinski definition) is 1. The molecule has 0 aromatic heterocycles. The van der Waals surface area contributed by atoms with Gasteiger partial charge in [0.1, 0.15) is 11.6 Å². The minimum absolute atomic E-state index is 0.103. The number of nitriles is 1. The molecule has 0 spiro atoms. The number of nitrogens with one attached hydrogen (secondary N) is 1. The van der Waals surface area contributed by atoms with E-state index in [0.29, 0.717) is 17.9 Å². The zero-order valence-electron chi connectivity index (χ0n) is 14.8. The molecule has 1 N–H and O–H groups in total. The Labute approximate surface area is 157 Å². The van der Waals surface area contributed by atoms with E-state index < -0.39 is 11.8 Å². The molecule has 0 unspecified atom stereocenters. The third-order valence-corrected chi connectivity index (χ3v) is 4.18. The maximum Gasteiger partial charge on any atom is 0.261 e. The van der Waals surface area contributed by atoms with Crippen molar-refractivity contribution in [1.29, 1.82) is 5.26 Å². The van der Waals surface area contributed by atoms with Gasteiger partial charge in [0.05, 0.1) is 17.3 Å². The summed E-state index contributed by atoms with van der Waals surface area (Å²) in [6.45, 7) is 2.01. The van der Waals surface area contributed by atoms with E-state index in [1.807, 2.05) is 54.6 Å². The molecule has 0 radical (unpaired) electrons. The molecule has 2 aromatic carbocycles. The lowest BCUT2D eigenvalue weighted by atomic mass is 10.0. The van der Waals surface area contributed by atoms with Crippen molar-refractivity contribution in [2.24, 2.45) is 11.0 Å². The monoisotopic (exact) mass is 358 g/mol. The van der Waals surface area contributed by atoms with Gasteiger partial charge in [0.25, 0.3) is 11.8 Å². The lowest BCUT2D eigenvalue weighted by molar-refractivity contribution is -0.118. The summed E-state index contributed by atoms with van der Waals surface area (Å²) in [6, 6.07) is 20.3. The third-order valence-electron chi connectivity index (χ3n) is 4.18. The van der Waals surface area contributed by atoms with Crippen molar-refractivity contribution < 1.29 is 9.59 Å². The van der Waals surface area contributed by atoms with Gasteiger partial charge in [-0.3, -0.25) is 9.59 Å². The second kappa shape index (κ2) is 8.11. The average molecular weight is 358 g/mol. The zero-order chi connectivity index (χ0) is 19.2. The van der Waals surface area contributed by atoms with E-state index in [9.17, 15) is 14.9 Å². The van der Waals surface area contributed by atoms with Gasteiger partial charge in [-0.05, 0) is 30.7 Å². The molecule has 1 heterocycles. The molecule has 3 rings (SSSR count). The Morgan fingerprint density at radius 1 is 1.19 bits per heavy atom. The van der Waals surface area contributed by atoms with Gasteiger partial charge >= 0.3 is 0 Å². The van der Waals surface area contributed by atoms with Crippen LogP contribution in [0.15, 0.2) is 77.4 Å². The van der Waals surface area contributed by atoms with Crippen molar-refractivity contribution in [2.75, 3.05) is 5.01 Å². The number of benzene rings is 2. The Balaban J connectivity index is 1.73. The molecule has 1 aliphatic heterocycles. The Morgan fingerprint density at radius 2 is 1.81 bits per heavy atom. The average Bonchev–Trinajstić information content (AvgIpc) is 2.99. The van der Waals surface area contributed by atoms with Crippen LogP contribution in [-0.4, -0.2) is 17.5 Å². The molecule has 0 saturated heterocycles. The van der Waals surface area contributed by atoms with Crippen LogP contribution in [0.2, 0.25) is 0 Å². The number of hydrogen-bond acceptors (Lipinski definition) is 4. The molecule has 0 bridgehead atoms. The largest absolute Gasteiger partial charge is 0.347 e. The highest BCUT2D eigenvalue weighted by Gasteiger charge is 2.33. The summed E-state index contributed by atoms with van der Waals surface area (Å²) >= 11 is 0. The first kappa shape index (κ1) is 18.1. The Kier molecular flexibility index (Phi) is 5.43. The van der Waals surface area contributed by atoms with Gasteiger partial charge in [-0.1, -0.05) is 48.5 Å². The van der Waals surface area contributed by atoms with Crippen molar-refractivity contribution in [3.8, 4) is 6.07 Å². The van der Waals surface area contributed by atoms with Crippen molar-refractivity contribution in [3.05, 3.63) is 77.9 Å². The van der Waals surface area contributed by atoms with Gasteiger partial charge in [-0.25, -0.2) is 0 Å². The molecule has 1 atom stereocenters.